The van der Waals surface area contributed by atoms with Crippen molar-refractivity contribution < 1.29 is 4.84 Å². The number of thiazole rings is 1. The number of aromatic amines is 1. The third-order valence-corrected chi connectivity index (χ3v) is 4.18. The first-order valence-corrected chi connectivity index (χ1v) is 7.38. The molecule has 0 radical (unpaired) electrons. The van der Waals surface area contributed by atoms with E-state index in [0.29, 0.717) is 10.7 Å². The van der Waals surface area contributed by atoms with Crippen LogP contribution in [0.4, 0.5) is 0 Å². The minimum Gasteiger partial charge on any atom is -0.399 e. The zero-order valence-corrected chi connectivity index (χ0v) is 12.7. The standard InChI is InChI=1S/C15H11ClN2O2S/c1-20-18-14(10-4-2-3-5-11(10)16)9-6-7-12-13(8-9)21-15(19)17-12/h2-8H,1H3,(H,17,19). The maximum Gasteiger partial charge on any atom is 0.305 e. The number of benzene rings is 2. The highest BCUT2D eigenvalue weighted by molar-refractivity contribution is 7.16. The van der Waals surface area contributed by atoms with E-state index in [4.69, 9.17) is 16.4 Å². The molecule has 106 valence electrons. The van der Waals surface area contributed by atoms with Crippen LogP contribution < -0.4 is 4.87 Å². The van der Waals surface area contributed by atoms with E-state index < -0.39 is 0 Å². The number of aromatic nitrogens is 1. The molecule has 3 rings (SSSR count). The number of rotatable bonds is 3. The third kappa shape index (κ3) is 2.70. The van der Waals surface area contributed by atoms with Gasteiger partial charge in [0.1, 0.15) is 12.8 Å². The van der Waals surface area contributed by atoms with Crippen molar-refractivity contribution in [2.45, 2.75) is 0 Å². The molecular formula is C15H11ClN2O2S. The average Bonchev–Trinajstić information content (AvgIpc) is 2.85. The van der Waals surface area contributed by atoms with E-state index in [1.165, 1.54) is 7.11 Å². The molecule has 0 aliphatic rings. The molecule has 1 N–H and O–H groups in total. The van der Waals surface area contributed by atoms with Crippen LogP contribution in [0, 0.1) is 0 Å². The van der Waals surface area contributed by atoms with Crippen LogP contribution in [-0.2, 0) is 4.84 Å². The Labute approximate surface area is 129 Å². The normalized spacial score (nSPS) is 11.8. The van der Waals surface area contributed by atoms with Gasteiger partial charge in [0.15, 0.2) is 0 Å². The molecular weight excluding hydrogens is 308 g/mol. The molecule has 0 fully saturated rings. The average molecular weight is 319 g/mol. The van der Waals surface area contributed by atoms with E-state index in [-0.39, 0.29) is 4.87 Å². The van der Waals surface area contributed by atoms with E-state index in [1.54, 1.807) is 6.07 Å². The van der Waals surface area contributed by atoms with Gasteiger partial charge in [-0.3, -0.25) is 4.79 Å². The predicted octanol–water partition coefficient (Wildman–Crippen LogP) is 3.64. The van der Waals surface area contributed by atoms with Crippen molar-refractivity contribution in [3.8, 4) is 0 Å². The summed E-state index contributed by atoms with van der Waals surface area (Å²) in [5, 5.41) is 4.68. The Hall–Kier alpha value is -2.11. The smallest absolute Gasteiger partial charge is 0.305 e. The maximum absolute atomic E-state index is 11.4. The van der Waals surface area contributed by atoms with Gasteiger partial charge in [0.05, 0.1) is 15.2 Å². The van der Waals surface area contributed by atoms with Crippen molar-refractivity contribution in [2.24, 2.45) is 5.16 Å². The monoisotopic (exact) mass is 318 g/mol. The second-order valence-electron chi connectivity index (χ2n) is 4.33. The first kappa shape index (κ1) is 13.9. The van der Waals surface area contributed by atoms with E-state index >= 15 is 0 Å². The van der Waals surface area contributed by atoms with Crippen molar-refractivity contribution in [2.75, 3.05) is 7.11 Å². The van der Waals surface area contributed by atoms with Crippen molar-refractivity contribution in [3.63, 3.8) is 0 Å². The van der Waals surface area contributed by atoms with Crippen molar-refractivity contribution in [1.29, 1.82) is 0 Å². The molecule has 6 heteroatoms. The van der Waals surface area contributed by atoms with E-state index in [0.717, 1.165) is 32.7 Å². The molecule has 2 aromatic carbocycles. The fourth-order valence-electron chi connectivity index (χ4n) is 2.09. The second kappa shape index (κ2) is 5.71. The predicted molar refractivity (Wildman–Crippen MR) is 86.5 cm³/mol. The lowest BCUT2D eigenvalue weighted by molar-refractivity contribution is 0.214. The van der Waals surface area contributed by atoms with Crippen LogP contribution in [-0.4, -0.2) is 17.8 Å². The third-order valence-electron chi connectivity index (χ3n) is 3.01. The molecule has 0 aliphatic carbocycles. The highest BCUT2D eigenvalue weighted by Gasteiger charge is 2.13. The lowest BCUT2D eigenvalue weighted by Crippen LogP contribution is -2.04. The van der Waals surface area contributed by atoms with Gasteiger partial charge >= 0.3 is 4.87 Å². The zero-order chi connectivity index (χ0) is 14.8. The highest BCUT2D eigenvalue weighted by Crippen LogP contribution is 2.23. The van der Waals surface area contributed by atoms with Crippen LogP contribution >= 0.6 is 22.9 Å². The van der Waals surface area contributed by atoms with Gasteiger partial charge in [0, 0.05) is 11.1 Å². The SMILES string of the molecule is CON=C(c1ccc2[nH]c(=O)sc2c1)c1ccccc1Cl. The number of H-pyrrole nitrogens is 1. The van der Waals surface area contributed by atoms with Crippen LogP contribution in [0.2, 0.25) is 5.02 Å². The molecule has 1 heterocycles. The van der Waals surface area contributed by atoms with Gasteiger partial charge in [0.2, 0.25) is 0 Å². The van der Waals surface area contributed by atoms with Gasteiger partial charge in [0.25, 0.3) is 0 Å². The lowest BCUT2D eigenvalue weighted by Gasteiger charge is -2.08. The molecule has 3 aromatic rings. The largest absolute Gasteiger partial charge is 0.399 e. The van der Waals surface area contributed by atoms with E-state index in [2.05, 4.69) is 10.1 Å². The summed E-state index contributed by atoms with van der Waals surface area (Å²) in [5.74, 6) is 0. The molecule has 21 heavy (non-hydrogen) atoms. The first-order chi connectivity index (χ1) is 10.2. The van der Waals surface area contributed by atoms with Crippen LogP contribution in [0.15, 0.2) is 52.4 Å². The van der Waals surface area contributed by atoms with Gasteiger partial charge in [-0.2, -0.15) is 0 Å². The number of hydrogen-bond donors (Lipinski definition) is 1. The number of halogens is 1. The Kier molecular flexibility index (Phi) is 3.77. The molecule has 0 aliphatic heterocycles. The van der Waals surface area contributed by atoms with Crippen LogP contribution in [0.25, 0.3) is 10.2 Å². The lowest BCUT2D eigenvalue weighted by atomic mass is 10.0. The summed E-state index contributed by atoms with van der Waals surface area (Å²) in [6.45, 7) is 0. The second-order valence-corrected chi connectivity index (χ2v) is 5.75. The molecule has 0 saturated heterocycles. The molecule has 1 aromatic heterocycles. The summed E-state index contributed by atoms with van der Waals surface area (Å²) in [5.41, 5.74) is 3.06. The first-order valence-electron chi connectivity index (χ1n) is 6.18. The van der Waals surface area contributed by atoms with E-state index in [9.17, 15) is 4.79 Å². The van der Waals surface area contributed by atoms with Crippen molar-refractivity contribution in [3.05, 3.63) is 68.3 Å². The summed E-state index contributed by atoms with van der Waals surface area (Å²) < 4.78 is 0.869. The Morgan fingerprint density at radius 3 is 2.86 bits per heavy atom. The molecule has 0 unspecified atom stereocenters. The van der Waals surface area contributed by atoms with Gasteiger partial charge in [-0.1, -0.05) is 52.4 Å². The van der Waals surface area contributed by atoms with Crippen molar-refractivity contribution >= 4 is 38.9 Å². The topological polar surface area (TPSA) is 54.4 Å². The van der Waals surface area contributed by atoms with Crippen molar-refractivity contribution in [1.82, 2.24) is 4.98 Å². The molecule has 0 amide bonds. The number of oxime groups is 1. The van der Waals surface area contributed by atoms with Crippen LogP contribution in [0.1, 0.15) is 11.1 Å². The number of nitrogens with one attached hydrogen (secondary N) is 1. The maximum atomic E-state index is 11.4. The number of hydrogen-bond acceptors (Lipinski definition) is 4. The number of fused-ring (bicyclic) bond motifs is 1. The van der Waals surface area contributed by atoms with Gasteiger partial charge in [-0.25, -0.2) is 0 Å². The fourth-order valence-corrected chi connectivity index (χ4v) is 3.10. The van der Waals surface area contributed by atoms with Gasteiger partial charge < -0.3 is 9.82 Å². The summed E-state index contributed by atoms with van der Waals surface area (Å²) in [4.78, 5) is 19.0. The Balaban J connectivity index is 2.18. The van der Waals surface area contributed by atoms with E-state index in [1.807, 2.05) is 36.4 Å². The molecule has 0 saturated carbocycles. The summed E-state index contributed by atoms with van der Waals surface area (Å²) in [6, 6.07) is 13.1. The minimum absolute atomic E-state index is 0.0786. The Morgan fingerprint density at radius 1 is 1.29 bits per heavy atom. The molecule has 0 atom stereocenters. The quantitative estimate of drug-likeness (QED) is 0.592. The fraction of sp³-hybridized carbons (Fsp3) is 0.0667. The molecule has 4 nitrogen and oxygen atoms in total. The summed E-state index contributed by atoms with van der Waals surface area (Å²) in [6.07, 6.45) is 0. The highest BCUT2D eigenvalue weighted by atomic mass is 35.5. The van der Waals surface area contributed by atoms with Crippen LogP contribution in [0.5, 0.6) is 0 Å². The summed E-state index contributed by atoms with van der Waals surface area (Å²) >= 11 is 7.40. The molecule has 0 bridgehead atoms. The van der Waals surface area contributed by atoms with Gasteiger partial charge in [-0.15, -0.1) is 0 Å². The summed E-state index contributed by atoms with van der Waals surface area (Å²) in [7, 11) is 1.49. The Morgan fingerprint density at radius 2 is 2.10 bits per heavy atom. The minimum atomic E-state index is -0.0786. The number of nitrogens with zero attached hydrogens (tertiary/aromatic N) is 1. The van der Waals surface area contributed by atoms with Crippen LogP contribution in [0.3, 0.4) is 0 Å². The Bertz CT molecular complexity index is 883. The van der Waals surface area contributed by atoms with Gasteiger partial charge in [-0.05, 0) is 18.2 Å². The zero-order valence-electron chi connectivity index (χ0n) is 11.1. The molecule has 0 spiro atoms.